The first-order valence-corrected chi connectivity index (χ1v) is 8.67. The quantitative estimate of drug-likeness (QED) is 0.679. The molecule has 0 atom stereocenters. The van der Waals surface area contributed by atoms with Crippen molar-refractivity contribution in [3.63, 3.8) is 0 Å². The van der Waals surface area contributed by atoms with Crippen molar-refractivity contribution in [1.29, 1.82) is 0 Å². The van der Waals surface area contributed by atoms with Crippen molar-refractivity contribution < 1.29 is 9.53 Å². The molecular formula is C19H17N3O2S. The molecule has 126 valence electrons. The lowest BCUT2D eigenvalue weighted by Crippen LogP contribution is -2.13. The molecule has 3 rings (SSSR count). The van der Waals surface area contributed by atoms with Crippen LogP contribution >= 0.6 is 11.8 Å². The summed E-state index contributed by atoms with van der Waals surface area (Å²) in [4.78, 5) is 20.8. The predicted molar refractivity (Wildman–Crippen MR) is 99.0 cm³/mol. The number of ether oxygens (including phenoxy) is 1. The van der Waals surface area contributed by atoms with Gasteiger partial charge in [-0.25, -0.2) is 4.98 Å². The van der Waals surface area contributed by atoms with Crippen LogP contribution in [0, 0.1) is 0 Å². The second-order valence-corrected chi connectivity index (χ2v) is 6.15. The average molecular weight is 351 g/mol. The van der Waals surface area contributed by atoms with E-state index in [1.165, 1.54) is 11.8 Å². The summed E-state index contributed by atoms with van der Waals surface area (Å²) in [6.07, 6.45) is 4.97. The van der Waals surface area contributed by atoms with E-state index in [2.05, 4.69) is 15.3 Å². The minimum atomic E-state index is -0.184. The Bertz CT molecular complexity index is 839. The molecule has 0 saturated carbocycles. The standard InChI is InChI=1S/C19H17N3O2S/c1-24-16-6-4-14(5-7-16)13-25-19-17(3-2-10-21-19)18(23)22-15-8-11-20-12-9-15/h2-12H,13H2,1H3,(H,20,22,23). The number of nitrogens with zero attached hydrogens (tertiary/aromatic N) is 2. The van der Waals surface area contributed by atoms with Crippen molar-refractivity contribution in [2.45, 2.75) is 10.8 Å². The summed E-state index contributed by atoms with van der Waals surface area (Å²) in [6, 6.07) is 14.9. The number of methoxy groups -OCH3 is 1. The van der Waals surface area contributed by atoms with Gasteiger partial charge in [0, 0.05) is 30.0 Å². The highest BCUT2D eigenvalue weighted by molar-refractivity contribution is 7.98. The molecule has 0 spiro atoms. The van der Waals surface area contributed by atoms with E-state index in [-0.39, 0.29) is 5.91 Å². The highest BCUT2D eigenvalue weighted by Crippen LogP contribution is 2.25. The van der Waals surface area contributed by atoms with Crippen molar-refractivity contribution in [2.75, 3.05) is 12.4 Å². The maximum Gasteiger partial charge on any atom is 0.258 e. The van der Waals surface area contributed by atoms with Crippen LogP contribution in [0.25, 0.3) is 0 Å². The van der Waals surface area contributed by atoms with Gasteiger partial charge in [0.05, 0.1) is 12.7 Å². The molecule has 6 heteroatoms. The van der Waals surface area contributed by atoms with Crippen LogP contribution in [0.2, 0.25) is 0 Å². The fourth-order valence-electron chi connectivity index (χ4n) is 2.19. The number of aromatic nitrogens is 2. The van der Waals surface area contributed by atoms with Crippen molar-refractivity contribution in [1.82, 2.24) is 9.97 Å². The van der Waals surface area contributed by atoms with Crippen molar-refractivity contribution in [3.8, 4) is 5.75 Å². The molecule has 0 saturated heterocycles. The van der Waals surface area contributed by atoms with Gasteiger partial charge in [-0.05, 0) is 42.0 Å². The van der Waals surface area contributed by atoms with Gasteiger partial charge in [-0.2, -0.15) is 0 Å². The lowest BCUT2D eigenvalue weighted by Gasteiger charge is -2.09. The molecule has 0 fully saturated rings. The van der Waals surface area contributed by atoms with E-state index < -0.39 is 0 Å². The van der Waals surface area contributed by atoms with Crippen molar-refractivity contribution >= 4 is 23.4 Å². The summed E-state index contributed by atoms with van der Waals surface area (Å²) in [5, 5.41) is 3.56. The number of carbonyl (C=O) groups is 1. The third-order valence-electron chi connectivity index (χ3n) is 3.49. The minimum Gasteiger partial charge on any atom is -0.497 e. The lowest BCUT2D eigenvalue weighted by molar-refractivity contribution is 0.102. The fourth-order valence-corrected chi connectivity index (χ4v) is 3.13. The van der Waals surface area contributed by atoms with Gasteiger partial charge in [-0.15, -0.1) is 11.8 Å². The smallest absolute Gasteiger partial charge is 0.258 e. The van der Waals surface area contributed by atoms with Crippen LogP contribution in [0.5, 0.6) is 5.75 Å². The number of pyridine rings is 2. The van der Waals surface area contributed by atoms with E-state index in [1.807, 2.05) is 24.3 Å². The van der Waals surface area contributed by atoms with Crippen LogP contribution in [0.4, 0.5) is 5.69 Å². The summed E-state index contributed by atoms with van der Waals surface area (Å²) in [5.74, 6) is 1.36. The van der Waals surface area contributed by atoms with Gasteiger partial charge < -0.3 is 10.1 Å². The first-order chi connectivity index (χ1) is 12.3. The summed E-state index contributed by atoms with van der Waals surface area (Å²) in [7, 11) is 1.64. The zero-order chi connectivity index (χ0) is 17.5. The summed E-state index contributed by atoms with van der Waals surface area (Å²) in [6.45, 7) is 0. The fraction of sp³-hybridized carbons (Fsp3) is 0.105. The average Bonchev–Trinajstić information content (AvgIpc) is 2.68. The second-order valence-electron chi connectivity index (χ2n) is 5.18. The number of amides is 1. The molecule has 1 aromatic carbocycles. The summed E-state index contributed by atoms with van der Waals surface area (Å²) in [5.41, 5.74) is 2.39. The molecule has 1 N–H and O–H groups in total. The summed E-state index contributed by atoms with van der Waals surface area (Å²) < 4.78 is 5.16. The Morgan fingerprint density at radius 1 is 1.08 bits per heavy atom. The van der Waals surface area contributed by atoms with Crippen LogP contribution in [-0.4, -0.2) is 23.0 Å². The molecule has 0 unspecified atom stereocenters. The SMILES string of the molecule is COc1ccc(CSc2ncccc2C(=O)Nc2ccncc2)cc1. The molecular weight excluding hydrogens is 334 g/mol. The van der Waals surface area contributed by atoms with E-state index in [0.717, 1.165) is 17.1 Å². The van der Waals surface area contributed by atoms with Crippen LogP contribution in [0.3, 0.4) is 0 Å². The molecule has 0 aliphatic rings. The topological polar surface area (TPSA) is 64.1 Å². The maximum atomic E-state index is 12.5. The van der Waals surface area contributed by atoms with Crippen molar-refractivity contribution in [3.05, 3.63) is 78.2 Å². The number of nitrogens with one attached hydrogen (secondary N) is 1. The molecule has 0 radical (unpaired) electrons. The molecule has 0 aliphatic heterocycles. The molecule has 3 aromatic rings. The molecule has 2 heterocycles. The number of thioether (sulfide) groups is 1. The maximum absolute atomic E-state index is 12.5. The number of hydrogen-bond donors (Lipinski definition) is 1. The first kappa shape index (κ1) is 17.0. The Hall–Kier alpha value is -2.86. The minimum absolute atomic E-state index is 0.184. The zero-order valence-electron chi connectivity index (χ0n) is 13.7. The Kier molecular flexibility index (Phi) is 5.64. The van der Waals surface area contributed by atoms with Gasteiger partial charge >= 0.3 is 0 Å². The lowest BCUT2D eigenvalue weighted by atomic mass is 10.2. The molecule has 1 amide bonds. The summed E-state index contributed by atoms with van der Waals surface area (Å²) >= 11 is 1.53. The third kappa shape index (κ3) is 4.58. The van der Waals surface area contributed by atoms with Crippen LogP contribution < -0.4 is 10.1 Å². The van der Waals surface area contributed by atoms with Gasteiger partial charge in [0.2, 0.25) is 0 Å². The Balaban J connectivity index is 1.70. The van der Waals surface area contributed by atoms with Crippen LogP contribution in [0.15, 0.2) is 72.1 Å². The number of anilines is 1. The van der Waals surface area contributed by atoms with Gasteiger partial charge in [-0.3, -0.25) is 9.78 Å². The van der Waals surface area contributed by atoms with Crippen LogP contribution in [0.1, 0.15) is 15.9 Å². The number of carbonyl (C=O) groups excluding carboxylic acids is 1. The predicted octanol–water partition coefficient (Wildman–Crippen LogP) is 4.03. The van der Waals surface area contributed by atoms with E-state index >= 15 is 0 Å². The molecule has 0 aliphatic carbocycles. The third-order valence-corrected chi connectivity index (χ3v) is 4.57. The zero-order valence-corrected chi connectivity index (χ0v) is 14.5. The highest BCUT2D eigenvalue weighted by atomic mass is 32.2. The Morgan fingerprint density at radius 2 is 1.84 bits per heavy atom. The monoisotopic (exact) mass is 351 g/mol. The van der Waals surface area contributed by atoms with E-state index in [1.54, 1.807) is 50.0 Å². The van der Waals surface area contributed by atoms with Gasteiger partial charge in [-0.1, -0.05) is 12.1 Å². The molecule has 25 heavy (non-hydrogen) atoms. The first-order valence-electron chi connectivity index (χ1n) is 7.68. The Morgan fingerprint density at radius 3 is 2.56 bits per heavy atom. The van der Waals surface area contributed by atoms with Gasteiger partial charge in [0.1, 0.15) is 10.8 Å². The largest absolute Gasteiger partial charge is 0.497 e. The Labute approximate surface area is 150 Å². The number of hydrogen-bond acceptors (Lipinski definition) is 5. The van der Waals surface area contributed by atoms with E-state index in [9.17, 15) is 4.79 Å². The van der Waals surface area contributed by atoms with E-state index in [0.29, 0.717) is 16.3 Å². The normalized spacial score (nSPS) is 10.3. The van der Waals surface area contributed by atoms with Crippen molar-refractivity contribution in [2.24, 2.45) is 0 Å². The van der Waals surface area contributed by atoms with Gasteiger partial charge in [0.25, 0.3) is 5.91 Å². The van der Waals surface area contributed by atoms with Crippen LogP contribution in [-0.2, 0) is 5.75 Å². The molecule has 0 bridgehead atoms. The second kappa shape index (κ2) is 8.30. The van der Waals surface area contributed by atoms with Gasteiger partial charge in [0.15, 0.2) is 0 Å². The number of rotatable bonds is 6. The number of benzene rings is 1. The van der Waals surface area contributed by atoms with E-state index in [4.69, 9.17) is 4.74 Å². The highest BCUT2D eigenvalue weighted by Gasteiger charge is 2.13. The molecule has 2 aromatic heterocycles. The molecule has 5 nitrogen and oxygen atoms in total.